The predicted molar refractivity (Wildman–Crippen MR) is 88.4 cm³/mol. The molecular formula is C18H21N3O. The summed E-state index contributed by atoms with van der Waals surface area (Å²) in [4.78, 5) is 16.8. The Morgan fingerprint density at radius 1 is 1.14 bits per heavy atom. The maximum Gasteiger partial charge on any atom is 0.255 e. The summed E-state index contributed by atoms with van der Waals surface area (Å²) < 4.78 is 0. The van der Waals surface area contributed by atoms with Gasteiger partial charge in [-0.25, -0.2) is 4.98 Å². The molecule has 0 unspecified atom stereocenters. The van der Waals surface area contributed by atoms with Gasteiger partial charge in [0.05, 0.1) is 5.56 Å². The number of rotatable bonds is 4. The van der Waals surface area contributed by atoms with Crippen molar-refractivity contribution in [2.75, 3.05) is 5.32 Å². The molecule has 0 bridgehead atoms. The second kappa shape index (κ2) is 6.60. The van der Waals surface area contributed by atoms with Crippen LogP contribution in [0.4, 0.5) is 11.5 Å². The first kappa shape index (κ1) is 14.6. The Balaban J connectivity index is 1.76. The average Bonchev–Trinajstić information content (AvgIpc) is 3.03. The lowest BCUT2D eigenvalue weighted by Crippen LogP contribution is -2.33. The van der Waals surface area contributed by atoms with Gasteiger partial charge >= 0.3 is 0 Å². The summed E-state index contributed by atoms with van der Waals surface area (Å²) in [6.07, 6.45) is 6.25. The summed E-state index contributed by atoms with van der Waals surface area (Å²) in [7, 11) is 0. The summed E-state index contributed by atoms with van der Waals surface area (Å²) in [5.74, 6) is 0.552. The smallest absolute Gasteiger partial charge is 0.255 e. The van der Waals surface area contributed by atoms with Crippen molar-refractivity contribution in [1.82, 2.24) is 10.3 Å². The Morgan fingerprint density at radius 2 is 1.86 bits per heavy atom. The second-order valence-corrected chi connectivity index (χ2v) is 5.85. The van der Waals surface area contributed by atoms with Gasteiger partial charge in [-0.3, -0.25) is 4.79 Å². The van der Waals surface area contributed by atoms with E-state index in [-0.39, 0.29) is 5.91 Å². The molecule has 1 amide bonds. The Labute approximate surface area is 131 Å². The molecule has 1 heterocycles. The minimum absolute atomic E-state index is 0.0467. The van der Waals surface area contributed by atoms with E-state index in [0.717, 1.165) is 18.5 Å². The Morgan fingerprint density at radius 3 is 2.59 bits per heavy atom. The van der Waals surface area contributed by atoms with Crippen LogP contribution in [-0.2, 0) is 0 Å². The van der Waals surface area contributed by atoms with Gasteiger partial charge in [0.25, 0.3) is 5.91 Å². The fourth-order valence-corrected chi connectivity index (χ4v) is 2.80. The highest BCUT2D eigenvalue weighted by molar-refractivity contribution is 5.99. The van der Waals surface area contributed by atoms with E-state index in [2.05, 4.69) is 15.6 Å². The number of aryl methyl sites for hydroxylation is 1. The van der Waals surface area contributed by atoms with E-state index >= 15 is 0 Å². The van der Waals surface area contributed by atoms with E-state index in [1.165, 1.54) is 18.4 Å². The standard InChI is InChI=1S/C18H21N3O/c1-13-8-10-15(11-9-13)20-17-16(7-4-12-19-17)18(22)21-14-5-2-3-6-14/h4,7-12,14H,2-3,5-6H2,1H3,(H,19,20)(H,21,22). The number of nitrogens with one attached hydrogen (secondary N) is 2. The van der Waals surface area contributed by atoms with Gasteiger partial charge in [0.1, 0.15) is 5.82 Å². The molecule has 4 heteroatoms. The number of hydrogen-bond donors (Lipinski definition) is 2. The highest BCUT2D eigenvalue weighted by atomic mass is 16.1. The van der Waals surface area contributed by atoms with Crippen LogP contribution < -0.4 is 10.6 Å². The molecule has 1 aliphatic carbocycles. The van der Waals surface area contributed by atoms with Crippen LogP contribution in [0.25, 0.3) is 0 Å². The lowest BCUT2D eigenvalue weighted by atomic mass is 10.2. The minimum atomic E-state index is -0.0467. The number of amides is 1. The third-order valence-corrected chi connectivity index (χ3v) is 4.06. The molecule has 0 radical (unpaired) electrons. The molecule has 1 aliphatic rings. The molecule has 1 aromatic carbocycles. The van der Waals surface area contributed by atoms with Crippen LogP contribution in [0.15, 0.2) is 42.6 Å². The van der Waals surface area contributed by atoms with Gasteiger partial charge in [-0.2, -0.15) is 0 Å². The van der Waals surface area contributed by atoms with Crippen molar-refractivity contribution in [3.8, 4) is 0 Å². The second-order valence-electron chi connectivity index (χ2n) is 5.85. The molecule has 0 aliphatic heterocycles. The van der Waals surface area contributed by atoms with Crippen LogP contribution in [0.1, 0.15) is 41.6 Å². The largest absolute Gasteiger partial charge is 0.349 e. The van der Waals surface area contributed by atoms with Crippen molar-refractivity contribution >= 4 is 17.4 Å². The first-order valence-corrected chi connectivity index (χ1v) is 7.82. The van der Waals surface area contributed by atoms with Gasteiger partial charge in [-0.1, -0.05) is 30.5 Å². The van der Waals surface area contributed by atoms with E-state index in [1.807, 2.05) is 37.3 Å². The molecule has 22 heavy (non-hydrogen) atoms. The third kappa shape index (κ3) is 3.45. The topological polar surface area (TPSA) is 54.0 Å². The molecule has 3 rings (SSSR count). The number of aromatic nitrogens is 1. The molecule has 0 spiro atoms. The summed E-state index contributed by atoms with van der Waals surface area (Å²) in [6, 6.07) is 12.0. The van der Waals surface area contributed by atoms with Crippen LogP contribution in [-0.4, -0.2) is 16.9 Å². The number of carbonyl (C=O) groups excluding carboxylic acids is 1. The lowest BCUT2D eigenvalue weighted by molar-refractivity contribution is 0.0938. The zero-order valence-electron chi connectivity index (χ0n) is 12.8. The molecule has 4 nitrogen and oxygen atoms in total. The molecule has 0 atom stereocenters. The van der Waals surface area contributed by atoms with E-state index in [9.17, 15) is 4.79 Å². The molecule has 1 aromatic heterocycles. The maximum atomic E-state index is 12.5. The summed E-state index contributed by atoms with van der Waals surface area (Å²) in [5, 5.41) is 6.35. The summed E-state index contributed by atoms with van der Waals surface area (Å²) in [5.41, 5.74) is 2.72. The van der Waals surface area contributed by atoms with E-state index < -0.39 is 0 Å². The fraction of sp³-hybridized carbons (Fsp3) is 0.333. The van der Waals surface area contributed by atoms with Gasteiger partial charge in [-0.05, 0) is 44.0 Å². The molecule has 114 valence electrons. The molecule has 1 fully saturated rings. The van der Waals surface area contributed by atoms with E-state index in [4.69, 9.17) is 0 Å². The zero-order valence-corrected chi connectivity index (χ0v) is 12.8. The minimum Gasteiger partial charge on any atom is -0.349 e. The number of hydrogen-bond acceptors (Lipinski definition) is 3. The first-order chi connectivity index (χ1) is 10.7. The predicted octanol–water partition coefficient (Wildman–Crippen LogP) is 3.81. The number of carbonyl (C=O) groups is 1. The van der Waals surface area contributed by atoms with Gasteiger partial charge in [0.15, 0.2) is 0 Å². The average molecular weight is 295 g/mol. The van der Waals surface area contributed by atoms with Crippen molar-refractivity contribution in [3.05, 3.63) is 53.7 Å². The molecule has 1 saturated carbocycles. The highest BCUT2D eigenvalue weighted by Crippen LogP contribution is 2.21. The number of nitrogens with zero attached hydrogens (tertiary/aromatic N) is 1. The van der Waals surface area contributed by atoms with Crippen LogP contribution in [0, 0.1) is 6.92 Å². The quantitative estimate of drug-likeness (QED) is 0.902. The van der Waals surface area contributed by atoms with Gasteiger partial charge in [-0.15, -0.1) is 0 Å². The van der Waals surface area contributed by atoms with Crippen molar-refractivity contribution in [3.63, 3.8) is 0 Å². The Kier molecular flexibility index (Phi) is 4.37. The summed E-state index contributed by atoms with van der Waals surface area (Å²) in [6.45, 7) is 2.05. The molecule has 2 N–H and O–H groups in total. The maximum absolute atomic E-state index is 12.5. The van der Waals surface area contributed by atoms with Crippen molar-refractivity contribution in [2.24, 2.45) is 0 Å². The fourth-order valence-electron chi connectivity index (χ4n) is 2.80. The first-order valence-electron chi connectivity index (χ1n) is 7.82. The SMILES string of the molecule is Cc1ccc(Nc2ncccc2C(=O)NC2CCCC2)cc1. The van der Waals surface area contributed by atoms with Gasteiger partial charge < -0.3 is 10.6 Å². The number of pyridine rings is 1. The molecule has 0 saturated heterocycles. The normalized spacial score (nSPS) is 14.8. The highest BCUT2D eigenvalue weighted by Gasteiger charge is 2.20. The van der Waals surface area contributed by atoms with Crippen molar-refractivity contribution < 1.29 is 4.79 Å². The van der Waals surface area contributed by atoms with Gasteiger partial charge in [0.2, 0.25) is 0 Å². The number of benzene rings is 1. The van der Waals surface area contributed by atoms with Crippen LogP contribution in [0.2, 0.25) is 0 Å². The third-order valence-electron chi connectivity index (χ3n) is 4.06. The van der Waals surface area contributed by atoms with Crippen LogP contribution >= 0.6 is 0 Å². The lowest BCUT2D eigenvalue weighted by Gasteiger charge is -2.14. The summed E-state index contributed by atoms with van der Waals surface area (Å²) >= 11 is 0. The van der Waals surface area contributed by atoms with Gasteiger partial charge in [0, 0.05) is 17.9 Å². The molecule has 2 aromatic rings. The van der Waals surface area contributed by atoms with E-state index in [1.54, 1.807) is 12.3 Å². The van der Waals surface area contributed by atoms with Crippen molar-refractivity contribution in [2.45, 2.75) is 38.6 Å². The zero-order chi connectivity index (χ0) is 15.4. The Hall–Kier alpha value is -2.36. The Bertz CT molecular complexity index is 646. The van der Waals surface area contributed by atoms with Crippen LogP contribution in [0.5, 0.6) is 0 Å². The monoisotopic (exact) mass is 295 g/mol. The van der Waals surface area contributed by atoms with Crippen LogP contribution in [0.3, 0.4) is 0 Å². The van der Waals surface area contributed by atoms with E-state index in [0.29, 0.717) is 17.4 Å². The number of anilines is 2. The van der Waals surface area contributed by atoms with Crippen molar-refractivity contribution in [1.29, 1.82) is 0 Å². The molecular weight excluding hydrogens is 274 g/mol.